The van der Waals surface area contributed by atoms with Gasteiger partial charge in [-0.25, -0.2) is 0 Å². The predicted octanol–water partition coefficient (Wildman–Crippen LogP) is 2.53. The number of furan rings is 1. The van der Waals surface area contributed by atoms with Gasteiger partial charge in [0.2, 0.25) is 0 Å². The van der Waals surface area contributed by atoms with Gasteiger partial charge in [-0.1, -0.05) is 6.92 Å². The smallest absolute Gasteiger partial charge is 0.323 e. The van der Waals surface area contributed by atoms with Crippen LogP contribution in [0.4, 0.5) is 0 Å². The molecule has 0 aliphatic heterocycles. The molecule has 0 amide bonds. The Morgan fingerprint density at radius 3 is 2.62 bits per heavy atom. The molecule has 1 atom stereocenters. The normalized spacial score (nSPS) is 14.1. The Balaban J connectivity index is 2.95. The molecule has 16 heavy (non-hydrogen) atoms. The fourth-order valence-corrected chi connectivity index (χ4v) is 1.97. The van der Waals surface area contributed by atoms with E-state index in [1.54, 1.807) is 26.4 Å². The summed E-state index contributed by atoms with van der Waals surface area (Å²) < 4.78 is 5.03. The quantitative estimate of drug-likeness (QED) is 0.836. The van der Waals surface area contributed by atoms with E-state index < -0.39 is 11.5 Å². The molecule has 0 aliphatic carbocycles. The predicted molar refractivity (Wildman–Crippen MR) is 61.2 cm³/mol. The number of aliphatic carboxylic acids is 1. The highest BCUT2D eigenvalue weighted by atomic mass is 16.4. The molecule has 1 aromatic heterocycles. The number of nitrogens with zero attached hydrogens (tertiary/aromatic N) is 1. The fourth-order valence-electron chi connectivity index (χ4n) is 1.97. The van der Waals surface area contributed by atoms with E-state index in [9.17, 15) is 9.90 Å². The van der Waals surface area contributed by atoms with Crippen molar-refractivity contribution in [3.63, 3.8) is 0 Å². The third kappa shape index (κ3) is 2.27. The van der Waals surface area contributed by atoms with Crippen molar-refractivity contribution < 1.29 is 14.3 Å². The van der Waals surface area contributed by atoms with Gasteiger partial charge in [0, 0.05) is 11.6 Å². The number of likely N-dealkylation sites (N-methyl/N-ethyl adjacent to an activating group) is 1. The lowest BCUT2D eigenvalue weighted by molar-refractivity contribution is -0.150. The van der Waals surface area contributed by atoms with Crippen molar-refractivity contribution >= 4 is 5.97 Å². The number of hydrogen-bond acceptors (Lipinski definition) is 3. The van der Waals surface area contributed by atoms with E-state index in [0.29, 0.717) is 6.54 Å². The molecule has 0 spiro atoms. The summed E-state index contributed by atoms with van der Waals surface area (Å²) in [7, 11) is 0. The van der Waals surface area contributed by atoms with Gasteiger partial charge >= 0.3 is 5.97 Å². The van der Waals surface area contributed by atoms with Crippen LogP contribution in [0.25, 0.3) is 0 Å². The highest BCUT2D eigenvalue weighted by Gasteiger charge is 2.36. The molecule has 0 fully saturated rings. The number of carboxylic acid groups (broad SMARTS) is 1. The Bertz CT molecular complexity index is 343. The van der Waals surface area contributed by atoms with E-state index in [1.165, 1.54) is 0 Å². The minimum atomic E-state index is -0.883. The van der Waals surface area contributed by atoms with Crippen LogP contribution in [0.3, 0.4) is 0 Å². The molecule has 1 N–H and O–H groups in total. The Morgan fingerprint density at radius 1 is 1.62 bits per heavy atom. The van der Waals surface area contributed by atoms with Gasteiger partial charge in [-0.05, 0) is 33.4 Å². The lowest BCUT2D eigenvalue weighted by atomic mass is 9.98. The molecule has 0 saturated carbocycles. The lowest BCUT2D eigenvalue weighted by Crippen LogP contribution is -2.50. The standard InChI is InChI=1S/C12H19NO3/c1-5-13(12(3,4)11(14)15)9(2)10-6-7-16-8-10/h6-9H,5H2,1-4H3,(H,14,15). The van der Waals surface area contributed by atoms with Crippen LogP contribution in [0.1, 0.15) is 39.3 Å². The highest BCUT2D eigenvalue weighted by molar-refractivity contribution is 5.77. The Kier molecular flexibility index (Phi) is 3.75. The number of rotatable bonds is 5. The molecule has 1 aromatic rings. The molecule has 4 nitrogen and oxygen atoms in total. The first-order valence-corrected chi connectivity index (χ1v) is 5.43. The zero-order valence-corrected chi connectivity index (χ0v) is 10.2. The van der Waals surface area contributed by atoms with Crippen molar-refractivity contribution in [3.8, 4) is 0 Å². The third-order valence-corrected chi connectivity index (χ3v) is 3.08. The van der Waals surface area contributed by atoms with Gasteiger partial charge in [-0.15, -0.1) is 0 Å². The first-order valence-electron chi connectivity index (χ1n) is 5.43. The Morgan fingerprint density at radius 2 is 2.25 bits per heavy atom. The van der Waals surface area contributed by atoms with Crippen LogP contribution in [0.2, 0.25) is 0 Å². The molecule has 0 saturated heterocycles. The average molecular weight is 225 g/mol. The number of carboxylic acids is 1. The van der Waals surface area contributed by atoms with E-state index in [-0.39, 0.29) is 6.04 Å². The average Bonchev–Trinajstić information content (AvgIpc) is 2.70. The maximum Gasteiger partial charge on any atom is 0.323 e. The first-order chi connectivity index (χ1) is 7.41. The van der Waals surface area contributed by atoms with Crippen LogP contribution in [-0.4, -0.2) is 28.1 Å². The minimum absolute atomic E-state index is 0.0230. The van der Waals surface area contributed by atoms with Crippen LogP contribution >= 0.6 is 0 Å². The van der Waals surface area contributed by atoms with Crippen LogP contribution in [0.5, 0.6) is 0 Å². The SMILES string of the molecule is CCN(C(C)c1ccoc1)C(C)(C)C(=O)O. The second kappa shape index (κ2) is 4.70. The van der Waals surface area contributed by atoms with E-state index >= 15 is 0 Å². The summed E-state index contributed by atoms with van der Waals surface area (Å²) in [6, 6.07) is 1.89. The van der Waals surface area contributed by atoms with Gasteiger partial charge in [0.15, 0.2) is 0 Å². The first kappa shape index (κ1) is 12.8. The summed E-state index contributed by atoms with van der Waals surface area (Å²) in [5.74, 6) is -0.815. The zero-order valence-electron chi connectivity index (χ0n) is 10.2. The van der Waals surface area contributed by atoms with Crippen molar-refractivity contribution in [2.24, 2.45) is 0 Å². The van der Waals surface area contributed by atoms with Gasteiger partial charge in [-0.2, -0.15) is 0 Å². The zero-order chi connectivity index (χ0) is 12.3. The molecule has 0 radical (unpaired) electrons. The van der Waals surface area contributed by atoms with E-state index in [1.807, 2.05) is 24.8 Å². The van der Waals surface area contributed by atoms with Crippen LogP contribution < -0.4 is 0 Å². The summed E-state index contributed by atoms with van der Waals surface area (Å²) in [5.41, 5.74) is 0.113. The second-order valence-corrected chi connectivity index (χ2v) is 4.38. The maximum atomic E-state index is 11.2. The molecule has 0 aliphatic rings. The summed E-state index contributed by atoms with van der Waals surface area (Å²) in [6.45, 7) is 8.05. The van der Waals surface area contributed by atoms with Crippen LogP contribution in [-0.2, 0) is 4.79 Å². The molecule has 4 heteroatoms. The van der Waals surface area contributed by atoms with Crippen molar-refractivity contribution in [3.05, 3.63) is 24.2 Å². The molecule has 1 unspecified atom stereocenters. The molecular formula is C12H19NO3. The maximum absolute atomic E-state index is 11.2. The molecule has 1 heterocycles. The van der Waals surface area contributed by atoms with Crippen molar-refractivity contribution in [1.82, 2.24) is 4.90 Å². The lowest BCUT2D eigenvalue weighted by Gasteiger charge is -2.38. The molecule has 0 aromatic carbocycles. The van der Waals surface area contributed by atoms with E-state index in [4.69, 9.17) is 4.42 Å². The van der Waals surface area contributed by atoms with Crippen LogP contribution in [0.15, 0.2) is 23.0 Å². The van der Waals surface area contributed by atoms with Gasteiger partial charge in [0.05, 0.1) is 12.5 Å². The van der Waals surface area contributed by atoms with Gasteiger partial charge in [0.25, 0.3) is 0 Å². The summed E-state index contributed by atoms with van der Waals surface area (Å²) in [5, 5.41) is 9.22. The topological polar surface area (TPSA) is 53.7 Å². The number of carbonyl (C=O) groups is 1. The van der Waals surface area contributed by atoms with Crippen LogP contribution in [0, 0.1) is 0 Å². The van der Waals surface area contributed by atoms with E-state index in [0.717, 1.165) is 5.56 Å². The van der Waals surface area contributed by atoms with Gasteiger partial charge in [-0.3, -0.25) is 9.69 Å². The van der Waals surface area contributed by atoms with Gasteiger partial charge in [0.1, 0.15) is 5.54 Å². The monoisotopic (exact) mass is 225 g/mol. The van der Waals surface area contributed by atoms with Crippen molar-refractivity contribution in [1.29, 1.82) is 0 Å². The molecule has 90 valence electrons. The highest BCUT2D eigenvalue weighted by Crippen LogP contribution is 2.28. The van der Waals surface area contributed by atoms with E-state index in [2.05, 4.69) is 0 Å². The minimum Gasteiger partial charge on any atom is -0.480 e. The Hall–Kier alpha value is -1.29. The fraction of sp³-hybridized carbons (Fsp3) is 0.583. The van der Waals surface area contributed by atoms with Crippen molar-refractivity contribution in [2.45, 2.75) is 39.3 Å². The largest absolute Gasteiger partial charge is 0.480 e. The van der Waals surface area contributed by atoms with Crippen molar-refractivity contribution in [2.75, 3.05) is 6.54 Å². The van der Waals surface area contributed by atoms with Gasteiger partial charge < -0.3 is 9.52 Å². The third-order valence-electron chi connectivity index (χ3n) is 3.08. The number of hydrogen-bond donors (Lipinski definition) is 1. The molecule has 0 bridgehead atoms. The molecular weight excluding hydrogens is 206 g/mol. The Labute approximate surface area is 95.9 Å². The second-order valence-electron chi connectivity index (χ2n) is 4.38. The molecule has 1 rings (SSSR count). The summed E-state index contributed by atoms with van der Waals surface area (Å²) in [4.78, 5) is 13.2. The summed E-state index contributed by atoms with van der Waals surface area (Å²) in [6.07, 6.45) is 3.26. The summed E-state index contributed by atoms with van der Waals surface area (Å²) >= 11 is 0.